The van der Waals surface area contributed by atoms with Crippen LogP contribution in [0.4, 0.5) is 11.4 Å². The summed E-state index contributed by atoms with van der Waals surface area (Å²) in [6, 6.07) is 11.8. The minimum atomic E-state index is -0.543. The molecule has 0 saturated carbocycles. The van der Waals surface area contributed by atoms with Crippen LogP contribution in [0.1, 0.15) is 23.7 Å². The van der Waals surface area contributed by atoms with Crippen LogP contribution >= 0.6 is 11.8 Å². The van der Waals surface area contributed by atoms with Crippen LogP contribution in [0.5, 0.6) is 5.75 Å². The van der Waals surface area contributed by atoms with Crippen LogP contribution in [0.15, 0.2) is 47.4 Å². The van der Waals surface area contributed by atoms with E-state index in [1.54, 1.807) is 50.4 Å². The molecule has 146 valence electrons. The van der Waals surface area contributed by atoms with Crippen LogP contribution in [0.25, 0.3) is 0 Å². The van der Waals surface area contributed by atoms with Gasteiger partial charge in [0.25, 0.3) is 0 Å². The quantitative estimate of drug-likeness (QED) is 0.723. The number of fused-ring (bicyclic) bond motifs is 1. The Morgan fingerprint density at radius 1 is 1.18 bits per heavy atom. The highest BCUT2D eigenvalue weighted by molar-refractivity contribution is 8.01. The van der Waals surface area contributed by atoms with Crippen molar-refractivity contribution in [3.63, 3.8) is 0 Å². The molecule has 0 bridgehead atoms. The summed E-state index contributed by atoms with van der Waals surface area (Å²) < 4.78 is 10.1. The van der Waals surface area contributed by atoms with Gasteiger partial charge in [0.05, 0.1) is 30.2 Å². The normalized spacial score (nSPS) is 15.2. The molecule has 0 radical (unpaired) electrons. The average molecular weight is 400 g/mol. The van der Waals surface area contributed by atoms with E-state index in [1.807, 2.05) is 6.07 Å². The van der Waals surface area contributed by atoms with E-state index in [2.05, 4.69) is 10.6 Å². The summed E-state index contributed by atoms with van der Waals surface area (Å²) in [5, 5.41) is 5.02. The fourth-order valence-electron chi connectivity index (χ4n) is 2.67. The first-order valence-corrected chi connectivity index (χ1v) is 9.60. The summed E-state index contributed by atoms with van der Waals surface area (Å²) in [7, 11) is 1.58. The number of benzene rings is 2. The highest BCUT2D eigenvalue weighted by Crippen LogP contribution is 2.39. The summed E-state index contributed by atoms with van der Waals surface area (Å²) in [5.74, 6) is -0.226. The Morgan fingerprint density at radius 3 is 2.61 bits per heavy atom. The van der Waals surface area contributed by atoms with Gasteiger partial charge in [-0.1, -0.05) is 0 Å². The van der Waals surface area contributed by atoms with Crippen LogP contribution in [0.2, 0.25) is 0 Å². The Balaban J connectivity index is 1.61. The van der Waals surface area contributed by atoms with Gasteiger partial charge in [-0.05, 0) is 49.4 Å². The van der Waals surface area contributed by atoms with Gasteiger partial charge in [0.2, 0.25) is 11.8 Å². The molecular weight excluding hydrogens is 380 g/mol. The second-order valence-corrected chi connectivity index (χ2v) is 7.25. The first-order valence-electron chi connectivity index (χ1n) is 8.72. The maximum atomic E-state index is 12.4. The van der Waals surface area contributed by atoms with E-state index >= 15 is 0 Å². The molecule has 1 heterocycles. The topological polar surface area (TPSA) is 93.7 Å². The van der Waals surface area contributed by atoms with Crippen LogP contribution in [0.3, 0.4) is 0 Å². The van der Waals surface area contributed by atoms with Gasteiger partial charge in [-0.15, -0.1) is 11.8 Å². The van der Waals surface area contributed by atoms with Gasteiger partial charge in [0.1, 0.15) is 5.75 Å². The number of carbonyl (C=O) groups excluding carboxylic acids is 3. The highest BCUT2D eigenvalue weighted by atomic mass is 32.2. The molecule has 3 rings (SSSR count). The number of nitrogens with one attached hydrogen (secondary N) is 2. The molecular formula is C20H20N2O5S. The molecule has 0 saturated heterocycles. The van der Waals surface area contributed by atoms with Crippen molar-refractivity contribution in [3.05, 3.63) is 48.0 Å². The van der Waals surface area contributed by atoms with Gasteiger partial charge in [0.15, 0.2) is 0 Å². The number of carbonyl (C=O) groups is 3. The van der Waals surface area contributed by atoms with Gasteiger partial charge >= 0.3 is 5.97 Å². The summed E-state index contributed by atoms with van der Waals surface area (Å²) >= 11 is 1.33. The van der Waals surface area contributed by atoms with Crippen molar-refractivity contribution in [3.8, 4) is 5.75 Å². The van der Waals surface area contributed by atoms with Crippen molar-refractivity contribution < 1.29 is 23.9 Å². The van der Waals surface area contributed by atoms with E-state index in [9.17, 15) is 14.4 Å². The lowest BCUT2D eigenvalue weighted by Gasteiger charge is -2.24. The van der Waals surface area contributed by atoms with Crippen molar-refractivity contribution in [2.45, 2.75) is 23.5 Å². The Bertz CT molecular complexity index is 898. The van der Waals surface area contributed by atoms with Crippen LogP contribution in [-0.2, 0) is 14.3 Å². The van der Waals surface area contributed by atoms with E-state index in [0.717, 1.165) is 4.90 Å². The van der Waals surface area contributed by atoms with Crippen LogP contribution < -0.4 is 15.4 Å². The van der Waals surface area contributed by atoms with E-state index < -0.39 is 11.2 Å². The van der Waals surface area contributed by atoms with E-state index in [1.165, 1.54) is 11.8 Å². The Morgan fingerprint density at radius 2 is 1.93 bits per heavy atom. The molecule has 0 unspecified atom stereocenters. The summed E-state index contributed by atoms with van der Waals surface area (Å²) in [5.41, 5.74) is 1.66. The minimum absolute atomic E-state index is 0.0206. The third-order valence-corrected chi connectivity index (χ3v) is 5.32. The molecule has 0 aliphatic carbocycles. The molecule has 8 heteroatoms. The van der Waals surface area contributed by atoms with Gasteiger partial charge in [-0.3, -0.25) is 9.59 Å². The van der Waals surface area contributed by atoms with E-state index in [0.29, 0.717) is 29.3 Å². The Kier molecular flexibility index (Phi) is 6.20. The molecule has 7 nitrogen and oxygen atoms in total. The summed E-state index contributed by atoms with van der Waals surface area (Å²) in [4.78, 5) is 37.2. The summed E-state index contributed by atoms with van der Waals surface area (Å²) in [6.45, 7) is 2.04. The van der Waals surface area contributed by atoms with E-state index in [-0.39, 0.29) is 18.2 Å². The number of methoxy groups -OCH3 is 1. The second kappa shape index (κ2) is 8.79. The number of thioether (sulfide) groups is 1. The molecule has 2 aromatic rings. The number of esters is 1. The summed E-state index contributed by atoms with van der Waals surface area (Å²) in [6.07, 6.45) is 0.0206. The molecule has 28 heavy (non-hydrogen) atoms. The largest absolute Gasteiger partial charge is 0.497 e. The van der Waals surface area contributed by atoms with Crippen molar-refractivity contribution in [1.82, 2.24) is 0 Å². The first kappa shape index (κ1) is 19.8. The molecule has 0 aromatic heterocycles. The number of hydrogen-bond acceptors (Lipinski definition) is 6. The van der Waals surface area contributed by atoms with Crippen molar-refractivity contribution >= 4 is 40.9 Å². The standard InChI is InChI=1S/C20H20N2O5S/c1-3-27-20(25)12-4-6-13(7-5-12)21-18(23)11-17-19(24)22-15-9-8-14(26-2)10-16(15)28-17/h4-10,17H,3,11H2,1-2H3,(H,21,23)(H,22,24)/t17-/m0/s1. The predicted octanol–water partition coefficient (Wildman–Crippen LogP) is 3.31. The number of hydrogen-bond donors (Lipinski definition) is 2. The second-order valence-electron chi connectivity index (χ2n) is 6.01. The molecule has 1 aliphatic heterocycles. The maximum absolute atomic E-state index is 12.4. The predicted molar refractivity (Wildman–Crippen MR) is 107 cm³/mol. The zero-order chi connectivity index (χ0) is 20.1. The fourth-order valence-corrected chi connectivity index (χ4v) is 3.81. The van der Waals surface area contributed by atoms with E-state index in [4.69, 9.17) is 9.47 Å². The van der Waals surface area contributed by atoms with Crippen molar-refractivity contribution in [2.75, 3.05) is 24.4 Å². The number of anilines is 2. The monoisotopic (exact) mass is 400 g/mol. The van der Waals surface area contributed by atoms with Gasteiger partial charge in [-0.25, -0.2) is 4.79 Å². The molecule has 2 aromatic carbocycles. The number of rotatable bonds is 6. The molecule has 0 spiro atoms. The van der Waals surface area contributed by atoms with Crippen molar-refractivity contribution in [1.29, 1.82) is 0 Å². The third kappa shape index (κ3) is 4.64. The molecule has 1 atom stereocenters. The average Bonchev–Trinajstić information content (AvgIpc) is 2.69. The molecule has 2 amide bonds. The third-order valence-electron chi connectivity index (χ3n) is 4.06. The van der Waals surface area contributed by atoms with Gasteiger partial charge < -0.3 is 20.1 Å². The highest BCUT2D eigenvalue weighted by Gasteiger charge is 2.29. The zero-order valence-corrected chi connectivity index (χ0v) is 16.3. The Hall–Kier alpha value is -3.00. The maximum Gasteiger partial charge on any atom is 0.338 e. The first-order chi connectivity index (χ1) is 13.5. The van der Waals surface area contributed by atoms with Crippen molar-refractivity contribution in [2.24, 2.45) is 0 Å². The minimum Gasteiger partial charge on any atom is -0.497 e. The molecule has 1 aliphatic rings. The van der Waals surface area contributed by atoms with Gasteiger partial charge in [0, 0.05) is 17.0 Å². The lowest BCUT2D eigenvalue weighted by atomic mass is 10.2. The van der Waals surface area contributed by atoms with Gasteiger partial charge in [-0.2, -0.15) is 0 Å². The SMILES string of the molecule is CCOC(=O)c1ccc(NC(=O)C[C@@H]2Sc3cc(OC)ccc3NC2=O)cc1. The van der Waals surface area contributed by atoms with Crippen LogP contribution in [0, 0.1) is 0 Å². The molecule has 2 N–H and O–H groups in total. The number of ether oxygens (including phenoxy) is 2. The Labute approximate surface area is 166 Å². The lowest BCUT2D eigenvalue weighted by Crippen LogP contribution is -2.32. The fraction of sp³-hybridized carbons (Fsp3) is 0.250. The molecule has 0 fully saturated rings. The lowest BCUT2D eigenvalue weighted by molar-refractivity contribution is -0.120. The smallest absolute Gasteiger partial charge is 0.338 e. The zero-order valence-electron chi connectivity index (χ0n) is 15.5. The number of amides is 2. The van der Waals surface area contributed by atoms with Crippen LogP contribution in [-0.4, -0.2) is 36.8 Å².